The van der Waals surface area contributed by atoms with E-state index in [0.717, 1.165) is 32.5 Å². The van der Waals surface area contributed by atoms with E-state index in [9.17, 15) is 0 Å². The molecule has 0 amide bonds. The van der Waals surface area contributed by atoms with Crippen LogP contribution in [-0.4, -0.2) is 41.7 Å². The van der Waals surface area contributed by atoms with Crippen molar-refractivity contribution in [1.82, 2.24) is 4.98 Å². The number of hydrogen-bond acceptors (Lipinski definition) is 3. The fourth-order valence-corrected chi connectivity index (χ4v) is 2.48. The molecule has 1 heterocycles. The second-order valence-corrected chi connectivity index (χ2v) is 4.80. The molecule has 2 nitrogen and oxygen atoms in total. The normalized spacial score (nSPS) is 10.1. The quantitative estimate of drug-likeness (QED) is 0.576. The second-order valence-electron chi connectivity index (χ2n) is 4.32. The van der Waals surface area contributed by atoms with E-state index < -0.39 is 0 Å². The first-order valence-corrected chi connectivity index (χ1v) is 6.44. The molecule has 3 aromatic rings. The summed E-state index contributed by atoms with van der Waals surface area (Å²) in [6, 6.07) is 14.2. The Kier molecular flexibility index (Phi) is 5.11. The molecule has 20 heavy (non-hydrogen) atoms. The molecule has 0 radical (unpaired) electrons. The molecule has 3 rings (SSSR count). The third kappa shape index (κ3) is 3.01. The van der Waals surface area contributed by atoms with Gasteiger partial charge in [0, 0.05) is 22.7 Å². The maximum atomic E-state index is 5.17. The van der Waals surface area contributed by atoms with E-state index in [1.807, 2.05) is 36.5 Å². The van der Waals surface area contributed by atoms with E-state index >= 15 is 0 Å². The van der Waals surface area contributed by atoms with Gasteiger partial charge in [0.1, 0.15) is 5.75 Å². The van der Waals surface area contributed by atoms with Crippen LogP contribution >= 0.6 is 12.6 Å². The Labute approximate surface area is 145 Å². The minimum atomic E-state index is 0. The summed E-state index contributed by atoms with van der Waals surface area (Å²) in [7, 11) is 1.67. The Balaban J connectivity index is 0.00000147. The van der Waals surface area contributed by atoms with E-state index in [1.54, 1.807) is 13.3 Å². The SMILES string of the molecule is COc1ccc(-c2cc(S)c3ccncc3c2)cc1.[NaH]. The molecule has 0 unspecified atom stereocenters. The van der Waals surface area contributed by atoms with E-state index in [1.165, 1.54) is 0 Å². The summed E-state index contributed by atoms with van der Waals surface area (Å²) in [5.41, 5.74) is 2.27. The number of nitrogens with zero attached hydrogens (tertiary/aromatic N) is 1. The predicted octanol–water partition coefficient (Wildman–Crippen LogP) is 3.55. The summed E-state index contributed by atoms with van der Waals surface area (Å²) in [5, 5.41) is 2.22. The van der Waals surface area contributed by atoms with Crippen molar-refractivity contribution in [2.45, 2.75) is 4.90 Å². The van der Waals surface area contributed by atoms with Crippen molar-refractivity contribution >= 4 is 53.0 Å². The van der Waals surface area contributed by atoms with Gasteiger partial charge in [0.15, 0.2) is 0 Å². The summed E-state index contributed by atoms with van der Waals surface area (Å²) >= 11 is 4.56. The third-order valence-corrected chi connectivity index (χ3v) is 3.52. The van der Waals surface area contributed by atoms with Gasteiger partial charge in [-0.1, -0.05) is 12.1 Å². The number of pyridine rings is 1. The Morgan fingerprint density at radius 1 is 1.00 bits per heavy atom. The number of rotatable bonds is 2. The minimum absolute atomic E-state index is 0. The van der Waals surface area contributed by atoms with Crippen LogP contribution in [0.1, 0.15) is 0 Å². The molecule has 0 aliphatic rings. The summed E-state index contributed by atoms with van der Waals surface area (Å²) in [6.45, 7) is 0. The standard InChI is InChI=1S/C16H13NOS.Na.H/c1-18-14-4-2-11(3-5-14)12-8-13-10-17-7-6-15(13)16(19)9-12;;/h2-10,19H,1H3;;. The first-order chi connectivity index (χ1) is 9.28. The van der Waals surface area contributed by atoms with Gasteiger partial charge in [-0.2, -0.15) is 0 Å². The molecular weight excluding hydrogens is 277 g/mol. The summed E-state index contributed by atoms with van der Waals surface area (Å²) < 4.78 is 5.17. The van der Waals surface area contributed by atoms with Gasteiger partial charge in [-0.15, -0.1) is 12.6 Å². The van der Waals surface area contributed by atoms with Gasteiger partial charge in [-0.3, -0.25) is 4.98 Å². The van der Waals surface area contributed by atoms with Crippen LogP contribution in [0.25, 0.3) is 21.9 Å². The number of aromatic nitrogens is 1. The van der Waals surface area contributed by atoms with Crippen molar-refractivity contribution in [1.29, 1.82) is 0 Å². The Bertz CT molecular complexity index is 728. The van der Waals surface area contributed by atoms with Crippen LogP contribution < -0.4 is 4.74 Å². The van der Waals surface area contributed by atoms with E-state index in [0.29, 0.717) is 0 Å². The molecule has 0 fully saturated rings. The second kappa shape index (κ2) is 6.64. The van der Waals surface area contributed by atoms with Gasteiger partial charge in [-0.05, 0) is 46.8 Å². The Morgan fingerprint density at radius 2 is 1.75 bits per heavy atom. The van der Waals surface area contributed by atoms with E-state index in [-0.39, 0.29) is 29.6 Å². The monoisotopic (exact) mass is 291 g/mol. The van der Waals surface area contributed by atoms with Gasteiger partial charge in [0.2, 0.25) is 0 Å². The number of hydrogen-bond donors (Lipinski definition) is 1. The molecule has 1 aromatic heterocycles. The van der Waals surface area contributed by atoms with Crippen molar-refractivity contribution in [3.05, 3.63) is 54.9 Å². The molecule has 96 valence electrons. The van der Waals surface area contributed by atoms with Gasteiger partial charge in [0.25, 0.3) is 0 Å². The first kappa shape index (κ1) is 15.4. The molecule has 0 N–H and O–H groups in total. The van der Waals surface area contributed by atoms with E-state index in [2.05, 4.69) is 29.7 Å². The van der Waals surface area contributed by atoms with Crippen LogP contribution in [0.4, 0.5) is 0 Å². The zero-order valence-corrected chi connectivity index (χ0v) is 11.4. The van der Waals surface area contributed by atoms with Gasteiger partial charge < -0.3 is 4.74 Å². The molecule has 0 aliphatic heterocycles. The average Bonchev–Trinajstić information content (AvgIpc) is 2.47. The fraction of sp³-hybridized carbons (Fsp3) is 0.0625. The Morgan fingerprint density at radius 3 is 2.45 bits per heavy atom. The van der Waals surface area contributed by atoms with Crippen molar-refractivity contribution in [3.8, 4) is 16.9 Å². The molecule has 0 aliphatic carbocycles. The number of methoxy groups -OCH3 is 1. The van der Waals surface area contributed by atoms with Gasteiger partial charge in [0.05, 0.1) is 7.11 Å². The summed E-state index contributed by atoms with van der Waals surface area (Å²) in [6.07, 6.45) is 3.65. The molecule has 0 atom stereocenters. The fourth-order valence-electron chi connectivity index (χ4n) is 2.14. The molecule has 0 spiro atoms. The number of ether oxygens (including phenoxy) is 1. The zero-order valence-electron chi connectivity index (χ0n) is 10.5. The predicted molar refractivity (Wildman–Crippen MR) is 88.1 cm³/mol. The van der Waals surface area contributed by atoms with Crippen LogP contribution in [0.3, 0.4) is 0 Å². The van der Waals surface area contributed by atoms with Crippen molar-refractivity contribution < 1.29 is 4.74 Å². The third-order valence-electron chi connectivity index (χ3n) is 3.15. The molecule has 0 saturated heterocycles. The molecule has 2 aromatic carbocycles. The van der Waals surface area contributed by atoms with Crippen molar-refractivity contribution in [2.24, 2.45) is 0 Å². The average molecular weight is 291 g/mol. The van der Waals surface area contributed by atoms with Crippen molar-refractivity contribution in [3.63, 3.8) is 0 Å². The van der Waals surface area contributed by atoms with Crippen LogP contribution in [-0.2, 0) is 0 Å². The van der Waals surface area contributed by atoms with Gasteiger partial charge in [-0.25, -0.2) is 0 Å². The van der Waals surface area contributed by atoms with Crippen LogP contribution in [0.5, 0.6) is 5.75 Å². The van der Waals surface area contributed by atoms with Crippen LogP contribution in [0.15, 0.2) is 59.8 Å². The number of thiol groups is 1. The van der Waals surface area contributed by atoms with Crippen LogP contribution in [0, 0.1) is 0 Å². The molecular formula is C16H14NNaOS. The number of benzene rings is 2. The Hall–Kier alpha value is -1.000. The maximum absolute atomic E-state index is 5.17. The van der Waals surface area contributed by atoms with E-state index in [4.69, 9.17) is 4.74 Å². The molecule has 0 saturated carbocycles. The van der Waals surface area contributed by atoms with Crippen molar-refractivity contribution in [2.75, 3.05) is 7.11 Å². The zero-order chi connectivity index (χ0) is 13.2. The van der Waals surface area contributed by atoms with Crippen LogP contribution in [0.2, 0.25) is 0 Å². The molecule has 0 bridgehead atoms. The number of fused-ring (bicyclic) bond motifs is 1. The summed E-state index contributed by atoms with van der Waals surface area (Å²) in [5.74, 6) is 0.859. The topological polar surface area (TPSA) is 22.1 Å². The first-order valence-electron chi connectivity index (χ1n) is 5.99. The molecule has 4 heteroatoms. The summed E-state index contributed by atoms with van der Waals surface area (Å²) in [4.78, 5) is 5.13. The van der Waals surface area contributed by atoms with Gasteiger partial charge >= 0.3 is 29.6 Å².